The van der Waals surface area contributed by atoms with Gasteiger partial charge in [-0.15, -0.1) is 0 Å². The Hall–Kier alpha value is -1.35. The van der Waals surface area contributed by atoms with Crippen molar-refractivity contribution in [2.24, 2.45) is 0 Å². The molecule has 0 radical (unpaired) electrons. The summed E-state index contributed by atoms with van der Waals surface area (Å²) < 4.78 is 0. The lowest BCUT2D eigenvalue weighted by molar-refractivity contribution is -0.133. The minimum Gasteiger partial charge on any atom is -0.339 e. The second-order valence-electron chi connectivity index (χ2n) is 5.92. The van der Waals surface area contributed by atoms with E-state index in [-0.39, 0.29) is 11.9 Å². The molecule has 0 saturated carbocycles. The molecule has 0 spiro atoms. The van der Waals surface area contributed by atoms with Gasteiger partial charge in [0.15, 0.2) is 0 Å². The zero-order chi connectivity index (χ0) is 14.4. The van der Waals surface area contributed by atoms with Gasteiger partial charge < -0.3 is 10.2 Å². The number of carbonyl (C=O) groups excluding carboxylic acids is 1. The van der Waals surface area contributed by atoms with Gasteiger partial charge in [0.2, 0.25) is 5.91 Å². The quantitative estimate of drug-likeness (QED) is 0.865. The first kappa shape index (κ1) is 15.0. The fourth-order valence-corrected chi connectivity index (χ4v) is 2.79. The zero-order valence-electron chi connectivity index (χ0n) is 12.6. The minimum absolute atomic E-state index is 0.276. The van der Waals surface area contributed by atoms with E-state index in [0.29, 0.717) is 12.5 Å². The molecule has 110 valence electrons. The summed E-state index contributed by atoms with van der Waals surface area (Å²) in [5, 5.41) is 3.48. The van der Waals surface area contributed by atoms with Crippen LogP contribution in [0.3, 0.4) is 0 Å². The molecule has 1 aliphatic heterocycles. The van der Waals surface area contributed by atoms with Crippen LogP contribution in [0.1, 0.15) is 38.7 Å². The molecule has 1 aromatic carbocycles. The topological polar surface area (TPSA) is 32.3 Å². The van der Waals surface area contributed by atoms with Crippen LogP contribution in [0.4, 0.5) is 0 Å². The standard InChI is InChI=1S/C17H26N2O/c1-14(2)19(13-16-9-6-12-18-16)17(20)11-10-15-7-4-3-5-8-15/h3-5,7-8,14,16,18H,6,9-13H2,1-2H3. The van der Waals surface area contributed by atoms with Crippen LogP contribution in [0.15, 0.2) is 30.3 Å². The van der Waals surface area contributed by atoms with Crippen LogP contribution in [-0.2, 0) is 11.2 Å². The third-order valence-electron chi connectivity index (χ3n) is 3.99. The van der Waals surface area contributed by atoms with Gasteiger partial charge in [-0.2, -0.15) is 0 Å². The van der Waals surface area contributed by atoms with Crippen LogP contribution in [0.5, 0.6) is 0 Å². The van der Waals surface area contributed by atoms with Crippen LogP contribution < -0.4 is 5.32 Å². The van der Waals surface area contributed by atoms with E-state index < -0.39 is 0 Å². The van der Waals surface area contributed by atoms with Crippen molar-refractivity contribution in [1.29, 1.82) is 0 Å². The predicted molar refractivity (Wildman–Crippen MR) is 82.6 cm³/mol. The molecule has 1 aliphatic rings. The molecule has 3 nitrogen and oxygen atoms in total. The molecule has 1 unspecified atom stereocenters. The van der Waals surface area contributed by atoms with Crippen molar-refractivity contribution in [2.45, 2.75) is 51.6 Å². The average molecular weight is 274 g/mol. The number of aryl methyl sites for hydroxylation is 1. The highest BCUT2D eigenvalue weighted by Crippen LogP contribution is 2.12. The highest BCUT2D eigenvalue weighted by Gasteiger charge is 2.23. The number of amides is 1. The molecular weight excluding hydrogens is 248 g/mol. The van der Waals surface area contributed by atoms with Gasteiger partial charge in [-0.3, -0.25) is 4.79 Å². The van der Waals surface area contributed by atoms with Crippen molar-refractivity contribution in [3.05, 3.63) is 35.9 Å². The molecule has 1 amide bonds. The third-order valence-corrected chi connectivity index (χ3v) is 3.99. The lowest BCUT2D eigenvalue weighted by atomic mass is 10.1. The third kappa shape index (κ3) is 4.34. The van der Waals surface area contributed by atoms with Gasteiger partial charge in [0, 0.05) is 25.0 Å². The van der Waals surface area contributed by atoms with Gasteiger partial charge in [-0.25, -0.2) is 0 Å². The number of hydrogen-bond donors (Lipinski definition) is 1. The van der Waals surface area contributed by atoms with E-state index in [1.165, 1.54) is 18.4 Å². The monoisotopic (exact) mass is 274 g/mol. The number of benzene rings is 1. The maximum atomic E-state index is 12.4. The van der Waals surface area contributed by atoms with E-state index >= 15 is 0 Å². The minimum atomic E-state index is 0.276. The van der Waals surface area contributed by atoms with Crippen molar-refractivity contribution >= 4 is 5.91 Å². The van der Waals surface area contributed by atoms with Crippen LogP contribution in [0, 0.1) is 0 Å². The van der Waals surface area contributed by atoms with Gasteiger partial charge >= 0.3 is 0 Å². The Balaban J connectivity index is 1.86. The molecule has 20 heavy (non-hydrogen) atoms. The highest BCUT2D eigenvalue weighted by molar-refractivity contribution is 5.76. The number of carbonyl (C=O) groups is 1. The molecule has 1 heterocycles. The average Bonchev–Trinajstić information content (AvgIpc) is 2.96. The molecular formula is C17H26N2O. The smallest absolute Gasteiger partial charge is 0.223 e. The molecule has 0 aliphatic carbocycles. The van der Waals surface area contributed by atoms with Crippen molar-refractivity contribution in [3.63, 3.8) is 0 Å². The zero-order valence-corrected chi connectivity index (χ0v) is 12.6. The van der Waals surface area contributed by atoms with Crippen LogP contribution in [-0.4, -0.2) is 36.0 Å². The first-order valence-electron chi connectivity index (χ1n) is 7.73. The molecule has 1 aromatic rings. The van der Waals surface area contributed by atoms with Crippen molar-refractivity contribution in [3.8, 4) is 0 Å². The summed E-state index contributed by atoms with van der Waals surface area (Å²) in [5.74, 6) is 0.276. The predicted octanol–water partition coefficient (Wildman–Crippen LogP) is 2.61. The molecule has 1 N–H and O–H groups in total. The summed E-state index contributed by atoms with van der Waals surface area (Å²) in [6.07, 6.45) is 3.86. The summed E-state index contributed by atoms with van der Waals surface area (Å²) >= 11 is 0. The Labute approximate surface area is 122 Å². The van der Waals surface area contributed by atoms with E-state index in [9.17, 15) is 4.79 Å². The largest absolute Gasteiger partial charge is 0.339 e. The summed E-state index contributed by atoms with van der Waals surface area (Å²) in [6, 6.07) is 11.0. The maximum absolute atomic E-state index is 12.4. The van der Waals surface area contributed by atoms with Crippen LogP contribution in [0.2, 0.25) is 0 Å². The lowest BCUT2D eigenvalue weighted by Gasteiger charge is -2.29. The number of hydrogen-bond acceptors (Lipinski definition) is 2. The first-order valence-corrected chi connectivity index (χ1v) is 7.73. The molecule has 1 saturated heterocycles. The molecule has 1 fully saturated rings. The highest BCUT2D eigenvalue weighted by atomic mass is 16.2. The lowest BCUT2D eigenvalue weighted by Crippen LogP contribution is -2.44. The van der Waals surface area contributed by atoms with E-state index in [4.69, 9.17) is 0 Å². The fraction of sp³-hybridized carbons (Fsp3) is 0.588. The van der Waals surface area contributed by atoms with Crippen LogP contribution >= 0.6 is 0 Å². The SMILES string of the molecule is CC(C)N(CC1CCCN1)C(=O)CCc1ccccc1. The number of rotatable bonds is 6. The first-order chi connectivity index (χ1) is 9.66. The Kier molecular flexibility index (Phi) is 5.60. The van der Waals surface area contributed by atoms with Gasteiger partial charge in [0.05, 0.1) is 0 Å². The van der Waals surface area contributed by atoms with Crippen molar-refractivity contribution < 1.29 is 4.79 Å². The van der Waals surface area contributed by atoms with Crippen molar-refractivity contribution in [1.82, 2.24) is 10.2 Å². The summed E-state index contributed by atoms with van der Waals surface area (Å²) in [4.78, 5) is 14.5. The van der Waals surface area contributed by atoms with E-state index in [1.54, 1.807) is 0 Å². The number of nitrogens with zero attached hydrogens (tertiary/aromatic N) is 1. The Morgan fingerprint density at radius 3 is 2.70 bits per heavy atom. The van der Waals surface area contributed by atoms with E-state index in [1.807, 2.05) is 23.1 Å². The van der Waals surface area contributed by atoms with Gasteiger partial charge in [0.25, 0.3) is 0 Å². The molecule has 2 rings (SSSR count). The van der Waals surface area contributed by atoms with E-state index in [2.05, 4.69) is 31.3 Å². The molecule has 0 bridgehead atoms. The second kappa shape index (κ2) is 7.44. The molecule has 1 atom stereocenters. The second-order valence-corrected chi connectivity index (χ2v) is 5.92. The van der Waals surface area contributed by atoms with Crippen molar-refractivity contribution in [2.75, 3.05) is 13.1 Å². The Bertz CT molecular complexity index is 410. The number of nitrogens with one attached hydrogen (secondary N) is 1. The van der Waals surface area contributed by atoms with Gasteiger partial charge in [0.1, 0.15) is 0 Å². The fourth-order valence-electron chi connectivity index (χ4n) is 2.79. The summed E-state index contributed by atoms with van der Waals surface area (Å²) in [5.41, 5.74) is 1.24. The van der Waals surface area contributed by atoms with Gasteiger partial charge in [-0.1, -0.05) is 30.3 Å². The summed E-state index contributed by atoms with van der Waals surface area (Å²) in [7, 11) is 0. The Morgan fingerprint density at radius 1 is 1.35 bits per heavy atom. The normalized spacial score (nSPS) is 18.4. The Morgan fingerprint density at radius 2 is 2.10 bits per heavy atom. The molecule has 3 heteroatoms. The summed E-state index contributed by atoms with van der Waals surface area (Å²) in [6.45, 7) is 6.16. The van der Waals surface area contributed by atoms with E-state index in [0.717, 1.165) is 19.5 Å². The maximum Gasteiger partial charge on any atom is 0.223 e. The van der Waals surface area contributed by atoms with Gasteiger partial charge in [-0.05, 0) is 45.2 Å². The molecule has 0 aromatic heterocycles. The van der Waals surface area contributed by atoms with Crippen LogP contribution in [0.25, 0.3) is 0 Å².